The Kier molecular flexibility index (Phi) is 9.49. The number of carbonyl (C=O) groups is 2. The van der Waals surface area contributed by atoms with E-state index in [4.69, 9.17) is 4.74 Å². The van der Waals surface area contributed by atoms with Crippen molar-refractivity contribution in [2.75, 3.05) is 0 Å². The molecule has 0 aliphatic carbocycles. The van der Waals surface area contributed by atoms with Gasteiger partial charge in [0.25, 0.3) is 21.8 Å². The Morgan fingerprint density at radius 2 is 1.74 bits per heavy atom. The number of hydrogen-bond acceptors (Lipinski definition) is 8. The van der Waals surface area contributed by atoms with Gasteiger partial charge in [-0.05, 0) is 66.9 Å². The Hall–Kier alpha value is -5.08. The lowest BCUT2D eigenvalue weighted by molar-refractivity contribution is -0.137. The van der Waals surface area contributed by atoms with Crippen LogP contribution < -0.4 is 14.8 Å². The summed E-state index contributed by atoms with van der Waals surface area (Å²) in [7, 11) is -4.20. The first-order valence-electron chi connectivity index (χ1n) is 13.6. The van der Waals surface area contributed by atoms with E-state index in [9.17, 15) is 31.2 Å². The van der Waals surface area contributed by atoms with Crippen molar-refractivity contribution in [1.82, 2.24) is 20.0 Å². The normalized spacial score (nSPS) is 11.6. The van der Waals surface area contributed by atoms with E-state index in [1.807, 2.05) is 6.92 Å². The van der Waals surface area contributed by atoms with Crippen LogP contribution in [0.25, 0.3) is 11.3 Å². The van der Waals surface area contributed by atoms with Crippen LogP contribution in [0.3, 0.4) is 0 Å². The molecule has 9 nitrogen and oxygen atoms in total. The molecule has 0 unspecified atom stereocenters. The van der Waals surface area contributed by atoms with Crippen LogP contribution in [0.1, 0.15) is 42.4 Å². The van der Waals surface area contributed by atoms with Gasteiger partial charge in [-0.3, -0.25) is 19.6 Å². The quantitative estimate of drug-likeness (QED) is 0.183. The second-order valence-electron chi connectivity index (χ2n) is 10.00. The molecule has 0 spiro atoms. The lowest BCUT2D eigenvalue weighted by Crippen LogP contribution is -2.30. The van der Waals surface area contributed by atoms with Crippen molar-refractivity contribution < 1.29 is 35.9 Å². The van der Waals surface area contributed by atoms with Gasteiger partial charge in [0.2, 0.25) is 0 Å². The molecule has 5 rings (SSSR count). The molecule has 5 aromatic rings. The molecular weight excluding hydrogens is 642 g/mol. The number of hydrogen-bond donors (Lipinski definition) is 2. The Morgan fingerprint density at radius 3 is 2.41 bits per heavy atom. The fraction of sp³-hybridized carbons (Fsp3) is 0.125. The molecule has 2 aromatic carbocycles. The van der Waals surface area contributed by atoms with Crippen LogP contribution in [-0.2, 0) is 29.4 Å². The molecule has 236 valence electrons. The third-order valence-corrected chi connectivity index (χ3v) is 8.84. The van der Waals surface area contributed by atoms with Crippen molar-refractivity contribution in [3.63, 3.8) is 0 Å². The van der Waals surface area contributed by atoms with E-state index in [0.29, 0.717) is 28.3 Å². The standard InChI is InChI=1S/C32H25F3N4O5S2/c1-20-7-12-29(46(42,43)39-31(41)28-6-3-13-45-28)26(14-20)27-11-8-21(16-37-27)19-44-25-10-9-24(36-18-25)17-38-30(40)22-4-2-5-23(15-22)32(33,34)35/h2-16,18H,17,19H2,1H3,(H,38,40)(H,39,41). The number of alkyl halides is 3. The van der Waals surface area contributed by atoms with Gasteiger partial charge in [-0.15, -0.1) is 11.3 Å². The summed E-state index contributed by atoms with van der Waals surface area (Å²) < 4.78 is 73.0. The molecule has 0 fully saturated rings. The summed E-state index contributed by atoms with van der Waals surface area (Å²) in [6.07, 6.45) is -1.56. The number of amides is 2. The van der Waals surface area contributed by atoms with E-state index in [1.165, 1.54) is 30.5 Å². The van der Waals surface area contributed by atoms with Gasteiger partial charge in [0, 0.05) is 22.9 Å². The van der Waals surface area contributed by atoms with Gasteiger partial charge in [-0.25, -0.2) is 13.1 Å². The van der Waals surface area contributed by atoms with Gasteiger partial charge in [0.05, 0.1) is 39.5 Å². The van der Waals surface area contributed by atoms with Gasteiger partial charge >= 0.3 is 6.18 Å². The lowest BCUT2D eigenvalue weighted by atomic mass is 10.1. The molecule has 0 saturated heterocycles. The maximum atomic E-state index is 13.1. The van der Waals surface area contributed by atoms with Gasteiger partial charge in [-0.1, -0.05) is 29.8 Å². The molecule has 0 aliphatic heterocycles. The SMILES string of the molecule is Cc1ccc(S(=O)(=O)NC(=O)c2cccs2)c(-c2ccc(COc3ccc(CNC(=O)c4cccc(C(F)(F)F)c4)nc3)cn2)c1. The molecular formula is C32H25F3N4O5S2. The number of rotatable bonds is 10. The Balaban J connectivity index is 1.19. The molecule has 0 aliphatic rings. The summed E-state index contributed by atoms with van der Waals surface area (Å²) in [5, 5.41) is 4.22. The van der Waals surface area contributed by atoms with Crippen molar-refractivity contribution in [3.05, 3.63) is 129 Å². The number of benzene rings is 2. The van der Waals surface area contributed by atoms with Crippen molar-refractivity contribution in [2.45, 2.75) is 31.1 Å². The smallest absolute Gasteiger partial charge is 0.416 e. The average Bonchev–Trinajstić information content (AvgIpc) is 3.58. The van der Waals surface area contributed by atoms with E-state index in [2.05, 4.69) is 20.0 Å². The highest BCUT2D eigenvalue weighted by atomic mass is 32.2. The Bertz CT molecular complexity index is 1960. The third kappa shape index (κ3) is 7.95. The van der Waals surface area contributed by atoms with Gasteiger partial charge < -0.3 is 10.1 Å². The van der Waals surface area contributed by atoms with Crippen LogP contribution >= 0.6 is 11.3 Å². The van der Waals surface area contributed by atoms with E-state index in [-0.39, 0.29) is 28.5 Å². The second-order valence-corrected chi connectivity index (χ2v) is 12.6. The fourth-order valence-corrected chi connectivity index (χ4v) is 6.11. The minimum Gasteiger partial charge on any atom is -0.487 e. The van der Waals surface area contributed by atoms with Crippen LogP contribution in [0.4, 0.5) is 13.2 Å². The number of thiophene rings is 1. The number of nitrogens with one attached hydrogen (secondary N) is 2. The predicted molar refractivity (Wildman–Crippen MR) is 165 cm³/mol. The van der Waals surface area contributed by atoms with Crippen LogP contribution in [0.5, 0.6) is 5.75 Å². The van der Waals surface area contributed by atoms with Gasteiger partial charge in [0.1, 0.15) is 12.4 Å². The minimum atomic E-state index is -4.55. The topological polar surface area (TPSA) is 127 Å². The number of halogens is 3. The number of aromatic nitrogens is 2. The monoisotopic (exact) mass is 666 g/mol. The minimum absolute atomic E-state index is 0.00484. The van der Waals surface area contributed by atoms with Crippen LogP contribution in [0.2, 0.25) is 0 Å². The van der Waals surface area contributed by atoms with E-state index >= 15 is 0 Å². The average molecular weight is 667 g/mol. The first-order chi connectivity index (χ1) is 21.9. The zero-order valence-electron chi connectivity index (χ0n) is 24.0. The Morgan fingerprint density at radius 1 is 0.913 bits per heavy atom. The number of aryl methyl sites for hydroxylation is 1. The first-order valence-corrected chi connectivity index (χ1v) is 15.9. The fourth-order valence-electron chi connectivity index (χ4n) is 4.26. The highest BCUT2D eigenvalue weighted by Gasteiger charge is 2.31. The van der Waals surface area contributed by atoms with Crippen molar-refractivity contribution >= 4 is 33.2 Å². The molecule has 14 heteroatoms. The molecule has 46 heavy (non-hydrogen) atoms. The van der Waals surface area contributed by atoms with E-state index < -0.39 is 33.6 Å². The van der Waals surface area contributed by atoms with Crippen molar-refractivity contribution in [2.24, 2.45) is 0 Å². The first kappa shape index (κ1) is 32.3. The lowest BCUT2D eigenvalue weighted by Gasteiger charge is -2.13. The summed E-state index contributed by atoms with van der Waals surface area (Å²) in [5.74, 6) is -0.961. The summed E-state index contributed by atoms with van der Waals surface area (Å²) in [6, 6.07) is 18.7. The summed E-state index contributed by atoms with van der Waals surface area (Å²) >= 11 is 1.13. The number of sulfonamides is 1. The van der Waals surface area contributed by atoms with Crippen LogP contribution in [0.15, 0.2) is 102 Å². The zero-order chi connectivity index (χ0) is 32.9. The van der Waals surface area contributed by atoms with Gasteiger partial charge in [-0.2, -0.15) is 13.2 Å². The largest absolute Gasteiger partial charge is 0.487 e. The highest BCUT2D eigenvalue weighted by molar-refractivity contribution is 7.90. The number of carbonyl (C=O) groups excluding carboxylic acids is 2. The summed E-state index contributed by atoms with van der Waals surface area (Å²) in [5.41, 5.74) is 1.65. The molecule has 3 aromatic heterocycles. The third-order valence-electron chi connectivity index (χ3n) is 6.58. The van der Waals surface area contributed by atoms with Crippen LogP contribution in [0, 0.1) is 6.92 Å². The molecule has 2 N–H and O–H groups in total. The van der Waals surface area contributed by atoms with Gasteiger partial charge in [0.15, 0.2) is 0 Å². The van der Waals surface area contributed by atoms with Crippen LogP contribution in [-0.4, -0.2) is 30.2 Å². The number of ether oxygens (including phenoxy) is 1. The van der Waals surface area contributed by atoms with E-state index in [1.54, 1.807) is 54.0 Å². The van der Waals surface area contributed by atoms with E-state index in [0.717, 1.165) is 29.0 Å². The Labute approximate surface area is 266 Å². The molecule has 0 saturated carbocycles. The molecule has 0 bridgehead atoms. The maximum Gasteiger partial charge on any atom is 0.416 e. The zero-order valence-corrected chi connectivity index (χ0v) is 25.7. The summed E-state index contributed by atoms with van der Waals surface area (Å²) in [6.45, 7) is 1.93. The molecule has 0 radical (unpaired) electrons. The summed E-state index contributed by atoms with van der Waals surface area (Å²) in [4.78, 5) is 33.6. The second kappa shape index (κ2) is 13.5. The van der Waals surface area contributed by atoms with Crippen molar-refractivity contribution in [3.8, 4) is 17.0 Å². The maximum absolute atomic E-state index is 13.1. The number of pyridine rings is 2. The predicted octanol–water partition coefficient (Wildman–Crippen LogP) is 6.16. The molecule has 3 heterocycles. The molecule has 0 atom stereocenters. The molecule has 2 amide bonds. The number of nitrogens with zero attached hydrogens (tertiary/aromatic N) is 2. The highest BCUT2D eigenvalue weighted by Crippen LogP contribution is 2.30. The van der Waals surface area contributed by atoms with Crippen molar-refractivity contribution in [1.29, 1.82) is 0 Å².